The van der Waals surface area contributed by atoms with Crippen LogP contribution in [0.3, 0.4) is 0 Å². The summed E-state index contributed by atoms with van der Waals surface area (Å²) in [6.45, 7) is 18.5. The van der Waals surface area contributed by atoms with E-state index < -0.39 is 0 Å². The molecule has 78 heavy (non-hydrogen) atoms. The van der Waals surface area contributed by atoms with Gasteiger partial charge in [0.05, 0.1) is 0 Å². The molecule has 0 aliphatic rings. The molecule has 0 saturated carbocycles. The first kappa shape index (κ1) is 57.8. The van der Waals surface area contributed by atoms with Gasteiger partial charge in [0, 0.05) is 116 Å². The van der Waals surface area contributed by atoms with Gasteiger partial charge in [-0.05, 0) is 184 Å². The molecule has 0 saturated heterocycles. The zero-order valence-corrected chi connectivity index (χ0v) is 48.5. The summed E-state index contributed by atoms with van der Waals surface area (Å²) in [5, 5.41) is 0. The molecule has 7 aromatic rings. The maximum Gasteiger partial charge on any atom is 0.220 e. The lowest BCUT2D eigenvalue weighted by atomic mass is 10.2. The maximum atomic E-state index is 7.23. The van der Waals surface area contributed by atoms with Gasteiger partial charge in [-0.2, -0.15) is 0 Å². The highest BCUT2D eigenvalue weighted by Gasteiger charge is 2.35. The van der Waals surface area contributed by atoms with Crippen LogP contribution >= 0.6 is 0 Å². The number of hydrogen-bond donors (Lipinski definition) is 0. The molecular formula is C66H84N6O6. The normalized spacial score (nSPS) is 10.9. The van der Waals surface area contributed by atoms with E-state index >= 15 is 0 Å². The van der Waals surface area contributed by atoms with E-state index in [2.05, 4.69) is 186 Å². The Morgan fingerprint density at radius 2 is 0.321 bits per heavy atom. The topological polar surface area (TPSA) is 74.8 Å². The predicted octanol–water partition coefficient (Wildman–Crippen LogP) is 17.5. The molecule has 7 rings (SSSR count). The van der Waals surface area contributed by atoms with Crippen molar-refractivity contribution in [2.45, 2.75) is 80.1 Å². The number of nitrogens with zero attached hydrogens (tertiary/aromatic N) is 6. The smallest absolute Gasteiger partial charge is 0.220 e. The van der Waals surface area contributed by atoms with E-state index in [1.807, 2.05) is 72.8 Å². The molecule has 0 heterocycles. The van der Waals surface area contributed by atoms with E-state index in [0.717, 1.165) is 112 Å². The Labute approximate surface area is 466 Å². The zero-order chi connectivity index (χ0) is 55.6. The molecule has 0 unspecified atom stereocenters. The van der Waals surface area contributed by atoms with Crippen molar-refractivity contribution in [3.8, 4) is 69.0 Å². The molecule has 0 aromatic heterocycles. The lowest BCUT2D eigenvalue weighted by molar-refractivity contribution is 0.326. The van der Waals surface area contributed by atoms with E-state index in [1.54, 1.807) is 0 Å². The van der Waals surface area contributed by atoms with Gasteiger partial charge >= 0.3 is 0 Å². The average molecular weight is 1060 g/mol. The standard InChI is InChI=1S/C66H84N6O6/c1-13-43-67(7)49-19-31-55(32-20-49)73-61-62(74-56-33-21-50(22-34-56)68(8)44-14-2)64(76-58-37-25-52(26-38-58)70(10)46-16-4)66(78-60-41-29-54(30-42-60)72(12)48-18-6)65(77-59-39-27-53(28-40-59)71(11)47-17-5)63(61)75-57-35-23-51(24-36-57)69(9)45-15-3/h19-42H,13-18,43-48H2,1-12H3. The van der Waals surface area contributed by atoms with Gasteiger partial charge < -0.3 is 57.8 Å². The average Bonchev–Trinajstić information content (AvgIpc) is 3.53. The molecule has 0 spiro atoms. The maximum absolute atomic E-state index is 7.23. The lowest BCUT2D eigenvalue weighted by Crippen LogP contribution is -2.17. The van der Waals surface area contributed by atoms with E-state index in [1.165, 1.54) is 0 Å². The molecule has 0 amide bonds. The predicted molar refractivity (Wildman–Crippen MR) is 327 cm³/mol. The minimum atomic E-state index is 0.205. The van der Waals surface area contributed by atoms with Crippen molar-refractivity contribution >= 4 is 34.1 Å². The second kappa shape index (κ2) is 28.5. The van der Waals surface area contributed by atoms with Crippen LogP contribution in [0, 0.1) is 0 Å². The zero-order valence-electron chi connectivity index (χ0n) is 48.5. The third kappa shape index (κ3) is 15.2. The van der Waals surface area contributed by atoms with Crippen molar-refractivity contribution in [2.75, 3.05) is 111 Å². The molecule has 12 nitrogen and oxygen atoms in total. The Bertz CT molecular complexity index is 2360. The highest BCUT2D eigenvalue weighted by molar-refractivity contribution is 5.77. The quantitative estimate of drug-likeness (QED) is 0.0431. The molecule has 7 aromatic carbocycles. The molecule has 0 aliphatic heterocycles. The van der Waals surface area contributed by atoms with Crippen LogP contribution in [0.1, 0.15) is 80.1 Å². The van der Waals surface area contributed by atoms with Gasteiger partial charge in [0.25, 0.3) is 0 Å². The first-order chi connectivity index (χ1) is 37.9. The summed E-state index contributed by atoms with van der Waals surface area (Å²) in [5.74, 6) is 4.46. The molecule has 0 bridgehead atoms. The van der Waals surface area contributed by atoms with E-state index in [-0.39, 0.29) is 34.5 Å². The number of anilines is 6. The molecular weight excluding hydrogens is 973 g/mol. The Balaban J connectivity index is 1.56. The summed E-state index contributed by atoms with van der Waals surface area (Å²) in [6, 6.07) is 48.3. The van der Waals surface area contributed by atoms with Crippen LogP contribution in [-0.2, 0) is 0 Å². The van der Waals surface area contributed by atoms with Crippen molar-refractivity contribution in [1.82, 2.24) is 0 Å². The number of rotatable bonds is 30. The lowest BCUT2D eigenvalue weighted by Gasteiger charge is -2.26. The number of hydrogen-bond acceptors (Lipinski definition) is 12. The summed E-state index contributed by atoms with van der Waals surface area (Å²) >= 11 is 0. The minimum absolute atomic E-state index is 0.205. The fourth-order valence-electron chi connectivity index (χ4n) is 9.28. The van der Waals surface area contributed by atoms with E-state index in [0.29, 0.717) is 34.5 Å². The Hall–Kier alpha value is -7.86. The Morgan fingerprint density at radius 1 is 0.205 bits per heavy atom. The SMILES string of the molecule is CCCN(C)c1ccc(Oc2c(Oc3ccc(N(C)CCC)cc3)c(Oc3ccc(N(C)CCC)cc3)c(Oc3ccc(N(C)CCC)cc3)c(Oc3ccc(N(C)CCC)cc3)c2Oc2ccc(N(C)CCC)cc2)cc1. The van der Waals surface area contributed by atoms with Crippen LogP contribution < -0.4 is 57.8 Å². The monoisotopic (exact) mass is 1060 g/mol. The first-order valence-electron chi connectivity index (χ1n) is 28.0. The number of benzene rings is 7. The fraction of sp³-hybridized carbons (Fsp3) is 0.364. The van der Waals surface area contributed by atoms with Crippen molar-refractivity contribution in [3.05, 3.63) is 146 Å². The molecule has 0 aliphatic carbocycles. The van der Waals surface area contributed by atoms with E-state index in [4.69, 9.17) is 28.4 Å². The van der Waals surface area contributed by atoms with Crippen molar-refractivity contribution in [2.24, 2.45) is 0 Å². The molecule has 0 atom stereocenters. The van der Waals surface area contributed by atoms with Crippen LogP contribution in [0.4, 0.5) is 34.1 Å². The summed E-state index contributed by atoms with van der Waals surface area (Å²) in [5.41, 5.74) is 6.35. The third-order valence-corrected chi connectivity index (χ3v) is 13.6. The van der Waals surface area contributed by atoms with E-state index in [9.17, 15) is 0 Å². The summed E-state index contributed by atoms with van der Waals surface area (Å²) in [7, 11) is 12.6. The van der Waals surface area contributed by atoms with Crippen molar-refractivity contribution in [1.29, 1.82) is 0 Å². The number of ether oxygens (including phenoxy) is 6. The largest absolute Gasteiger partial charge is 0.449 e. The Kier molecular flexibility index (Phi) is 21.1. The molecule has 414 valence electrons. The molecule has 12 heteroatoms. The summed E-state index contributed by atoms with van der Waals surface area (Å²) in [6.07, 6.45) is 6.07. The molecule has 0 radical (unpaired) electrons. The van der Waals surface area contributed by atoms with Crippen LogP contribution in [0.2, 0.25) is 0 Å². The van der Waals surface area contributed by atoms with Gasteiger partial charge in [-0.3, -0.25) is 0 Å². The third-order valence-electron chi connectivity index (χ3n) is 13.6. The summed E-state index contributed by atoms with van der Waals surface area (Å²) in [4.78, 5) is 13.4. The second-order valence-corrected chi connectivity index (χ2v) is 20.1. The minimum Gasteiger partial charge on any atom is -0.449 e. The van der Waals surface area contributed by atoms with Gasteiger partial charge in [-0.25, -0.2) is 0 Å². The molecule has 0 N–H and O–H groups in total. The molecule has 0 fully saturated rings. The van der Waals surface area contributed by atoms with Gasteiger partial charge in [0.1, 0.15) is 34.5 Å². The van der Waals surface area contributed by atoms with Crippen molar-refractivity contribution < 1.29 is 28.4 Å². The van der Waals surface area contributed by atoms with Gasteiger partial charge in [-0.1, -0.05) is 41.5 Å². The van der Waals surface area contributed by atoms with Crippen LogP contribution in [0.15, 0.2) is 146 Å². The highest BCUT2D eigenvalue weighted by Crippen LogP contribution is 2.63. The Morgan fingerprint density at radius 3 is 0.423 bits per heavy atom. The van der Waals surface area contributed by atoms with Gasteiger partial charge in [0.15, 0.2) is 0 Å². The first-order valence-corrected chi connectivity index (χ1v) is 28.0. The van der Waals surface area contributed by atoms with Gasteiger partial charge in [-0.15, -0.1) is 0 Å². The van der Waals surface area contributed by atoms with Crippen LogP contribution in [-0.4, -0.2) is 81.6 Å². The van der Waals surface area contributed by atoms with Crippen molar-refractivity contribution in [3.63, 3.8) is 0 Å². The summed E-state index contributed by atoms with van der Waals surface area (Å²) < 4.78 is 43.4. The fourth-order valence-corrected chi connectivity index (χ4v) is 9.28. The second-order valence-electron chi connectivity index (χ2n) is 20.1. The van der Waals surface area contributed by atoms with Crippen LogP contribution in [0.25, 0.3) is 0 Å². The highest BCUT2D eigenvalue weighted by atomic mass is 16.6. The van der Waals surface area contributed by atoms with Crippen LogP contribution in [0.5, 0.6) is 69.0 Å². The van der Waals surface area contributed by atoms with Gasteiger partial charge in [0.2, 0.25) is 34.5 Å².